The van der Waals surface area contributed by atoms with Crippen LogP contribution >= 0.6 is 11.8 Å². The number of ether oxygens (including phenoxy) is 4. The highest BCUT2D eigenvalue weighted by Gasteiger charge is 2.34. The van der Waals surface area contributed by atoms with Gasteiger partial charge in [0.1, 0.15) is 0 Å². The minimum Gasteiger partial charge on any atom is -0.493 e. The molecule has 1 saturated heterocycles. The van der Waals surface area contributed by atoms with Crippen molar-refractivity contribution in [3.63, 3.8) is 0 Å². The van der Waals surface area contributed by atoms with Crippen LogP contribution in [0.25, 0.3) is 6.08 Å². The maximum Gasteiger partial charge on any atom is 0.344 e. The van der Waals surface area contributed by atoms with E-state index in [0.717, 1.165) is 16.7 Å². The molecule has 0 unspecified atom stereocenters. The number of rotatable bonds is 9. The van der Waals surface area contributed by atoms with Gasteiger partial charge in [0.25, 0.3) is 11.1 Å². The van der Waals surface area contributed by atoms with E-state index in [2.05, 4.69) is 0 Å². The third kappa shape index (κ3) is 5.48. The molecule has 1 heterocycles. The van der Waals surface area contributed by atoms with Crippen molar-refractivity contribution < 1.29 is 33.3 Å². The third-order valence-electron chi connectivity index (χ3n) is 3.53. The Hall–Kier alpha value is -2.52. The molecule has 27 heavy (non-hydrogen) atoms. The number of esters is 1. The van der Waals surface area contributed by atoms with Crippen molar-refractivity contribution in [2.45, 2.75) is 6.92 Å². The van der Waals surface area contributed by atoms with E-state index in [4.69, 9.17) is 18.9 Å². The van der Waals surface area contributed by atoms with Gasteiger partial charge in [-0.3, -0.25) is 14.5 Å². The molecule has 1 aliphatic rings. The summed E-state index contributed by atoms with van der Waals surface area (Å²) in [5.41, 5.74) is 0.631. The number of carbonyl (C=O) groups excluding carboxylic acids is 3. The second kappa shape index (κ2) is 9.98. The minimum absolute atomic E-state index is 0.203. The first-order valence-corrected chi connectivity index (χ1v) is 9.02. The number of methoxy groups -OCH3 is 2. The van der Waals surface area contributed by atoms with E-state index in [-0.39, 0.29) is 37.5 Å². The van der Waals surface area contributed by atoms with Gasteiger partial charge in [0.05, 0.1) is 31.8 Å². The molecule has 146 valence electrons. The van der Waals surface area contributed by atoms with Crippen LogP contribution in [0, 0.1) is 0 Å². The molecular formula is C18H21NO7S. The molecule has 2 rings (SSSR count). The quantitative estimate of drug-likeness (QED) is 0.465. The molecule has 1 aromatic carbocycles. The van der Waals surface area contributed by atoms with E-state index in [1.54, 1.807) is 31.2 Å². The van der Waals surface area contributed by atoms with E-state index in [1.165, 1.54) is 14.2 Å². The highest BCUT2D eigenvalue weighted by atomic mass is 32.2. The first kappa shape index (κ1) is 20.8. The van der Waals surface area contributed by atoms with Crippen molar-refractivity contribution in [2.24, 2.45) is 0 Å². The normalized spacial score (nSPS) is 15.4. The number of hydrogen-bond donors (Lipinski definition) is 0. The number of benzene rings is 1. The largest absolute Gasteiger partial charge is 0.493 e. The molecule has 8 nitrogen and oxygen atoms in total. The van der Waals surface area contributed by atoms with Gasteiger partial charge in [-0.05, 0) is 42.5 Å². The van der Waals surface area contributed by atoms with Gasteiger partial charge in [0.2, 0.25) is 0 Å². The Labute approximate surface area is 161 Å². The fourth-order valence-electron chi connectivity index (χ4n) is 2.26. The molecule has 0 saturated carbocycles. The Morgan fingerprint density at radius 2 is 2.00 bits per heavy atom. The molecule has 0 N–H and O–H groups in total. The number of thioether (sulfide) groups is 1. The van der Waals surface area contributed by atoms with Gasteiger partial charge in [0, 0.05) is 7.11 Å². The van der Waals surface area contributed by atoms with Gasteiger partial charge in [-0.2, -0.15) is 0 Å². The average Bonchev–Trinajstić information content (AvgIpc) is 2.91. The Bertz CT molecular complexity index is 747. The summed E-state index contributed by atoms with van der Waals surface area (Å²) in [4.78, 5) is 37.3. The molecule has 0 bridgehead atoms. The minimum atomic E-state index is -0.496. The lowest BCUT2D eigenvalue weighted by Gasteiger charge is -2.11. The molecule has 0 aromatic heterocycles. The van der Waals surface area contributed by atoms with E-state index < -0.39 is 5.97 Å². The van der Waals surface area contributed by atoms with Crippen molar-refractivity contribution in [3.05, 3.63) is 28.7 Å². The van der Waals surface area contributed by atoms with Gasteiger partial charge in [0.15, 0.2) is 18.1 Å². The molecule has 0 atom stereocenters. The zero-order chi connectivity index (χ0) is 19.8. The predicted molar refractivity (Wildman–Crippen MR) is 99.7 cm³/mol. The SMILES string of the molecule is CCOC(=O)COc1cc(/C=C2\SC(=O)N(CCOC)C2=O)ccc1OC. The molecule has 1 aromatic rings. The predicted octanol–water partition coefficient (Wildman–Crippen LogP) is 2.32. The first-order valence-electron chi connectivity index (χ1n) is 8.21. The summed E-state index contributed by atoms with van der Waals surface area (Å²) < 4.78 is 20.4. The van der Waals surface area contributed by atoms with Crippen molar-refractivity contribution in [1.29, 1.82) is 0 Å². The van der Waals surface area contributed by atoms with Crippen LogP contribution in [0.1, 0.15) is 12.5 Å². The Morgan fingerprint density at radius 1 is 1.22 bits per heavy atom. The molecule has 1 fully saturated rings. The maximum atomic E-state index is 12.4. The lowest BCUT2D eigenvalue weighted by molar-refractivity contribution is -0.145. The number of carbonyl (C=O) groups is 3. The molecular weight excluding hydrogens is 374 g/mol. The molecule has 0 radical (unpaired) electrons. The lowest BCUT2D eigenvalue weighted by Crippen LogP contribution is -2.31. The van der Waals surface area contributed by atoms with Crippen LogP contribution in [0.15, 0.2) is 23.1 Å². The van der Waals surface area contributed by atoms with Crippen LogP contribution in [-0.2, 0) is 19.1 Å². The Kier molecular flexibility index (Phi) is 7.68. The highest BCUT2D eigenvalue weighted by molar-refractivity contribution is 8.18. The monoisotopic (exact) mass is 395 g/mol. The number of hydrogen-bond acceptors (Lipinski definition) is 8. The fourth-order valence-corrected chi connectivity index (χ4v) is 3.13. The third-order valence-corrected chi connectivity index (χ3v) is 4.44. The second-order valence-electron chi connectivity index (χ2n) is 5.33. The Balaban J connectivity index is 2.17. The smallest absolute Gasteiger partial charge is 0.344 e. The summed E-state index contributed by atoms with van der Waals surface area (Å²) in [6.45, 7) is 2.19. The van der Waals surface area contributed by atoms with Gasteiger partial charge >= 0.3 is 5.97 Å². The second-order valence-corrected chi connectivity index (χ2v) is 6.32. The van der Waals surface area contributed by atoms with Crippen molar-refractivity contribution in [2.75, 3.05) is 40.6 Å². The lowest BCUT2D eigenvalue weighted by atomic mass is 10.2. The maximum absolute atomic E-state index is 12.4. The standard InChI is InChI=1S/C18H21NO7S/c1-4-25-16(20)11-26-14-9-12(5-6-13(14)24-3)10-15-17(21)19(7-8-23-2)18(22)27-15/h5-6,9-10H,4,7-8,11H2,1-3H3/b15-10-. The fraction of sp³-hybridized carbons (Fsp3) is 0.389. The summed E-state index contributed by atoms with van der Waals surface area (Å²) in [6, 6.07) is 5.00. The number of amides is 2. The average molecular weight is 395 g/mol. The van der Waals surface area contributed by atoms with Gasteiger partial charge in [-0.15, -0.1) is 0 Å². The zero-order valence-corrected chi connectivity index (χ0v) is 16.2. The molecule has 0 aliphatic carbocycles. The van der Waals surface area contributed by atoms with Crippen LogP contribution in [0.3, 0.4) is 0 Å². The first-order chi connectivity index (χ1) is 13.0. The summed E-state index contributed by atoms with van der Waals surface area (Å²) in [7, 11) is 2.98. The summed E-state index contributed by atoms with van der Waals surface area (Å²) in [6.07, 6.45) is 1.59. The number of imide groups is 1. The molecule has 2 amide bonds. The summed E-state index contributed by atoms with van der Waals surface area (Å²) in [5.74, 6) is -0.0985. The van der Waals surface area contributed by atoms with E-state index in [9.17, 15) is 14.4 Å². The van der Waals surface area contributed by atoms with Crippen LogP contribution in [0.5, 0.6) is 11.5 Å². The van der Waals surface area contributed by atoms with Crippen molar-refractivity contribution >= 4 is 35.0 Å². The van der Waals surface area contributed by atoms with Crippen molar-refractivity contribution in [1.82, 2.24) is 4.90 Å². The Morgan fingerprint density at radius 3 is 2.67 bits per heavy atom. The molecule has 0 spiro atoms. The number of nitrogens with zero attached hydrogens (tertiary/aromatic N) is 1. The van der Waals surface area contributed by atoms with E-state index in [0.29, 0.717) is 22.0 Å². The topological polar surface area (TPSA) is 91.4 Å². The van der Waals surface area contributed by atoms with Crippen LogP contribution in [0.2, 0.25) is 0 Å². The molecule has 1 aliphatic heterocycles. The highest BCUT2D eigenvalue weighted by Crippen LogP contribution is 2.34. The van der Waals surface area contributed by atoms with Crippen LogP contribution < -0.4 is 9.47 Å². The van der Waals surface area contributed by atoms with Gasteiger partial charge < -0.3 is 18.9 Å². The van der Waals surface area contributed by atoms with E-state index >= 15 is 0 Å². The summed E-state index contributed by atoms with van der Waals surface area (Å²) in [5, 5.41) is -0.337. The van der Waals surface area contributed by atoms with Crippen LogP contribution in [-0.4, -0.2) is 62.6 Å². The van der Waals surface area contributed by atoms with Gasteiger partial charge in [-0.1, -0.05) is 6.07 Å². The molecule has 9 heteroatoms. The van der Waals surface area contributed by atoms with Crippen molar-refractivity contribution in [3.8, 4) is 11.5 Å². The van der Waals surface area contributed by atoms with Crippen LogP contribution in [0.4, 0.5) is 4.79 Å². The zero-order valence-electron chi connectivity index (χ0n) is 15.4. The summed E-state index contributed by atoms with van der Waals surface area (Å²) >= 11 is 0.865. The van der Waals surface area contributed by atoms with E-state index in [1.807, 2.05) is 0 Å². The van der Waals surface area contributed by atoms with Gasteiger partial charge in [-0.25, -0.2) is 4.79 Å².